The number of hydrogen-bond acceptors (Lipinski definition) is 2. The molecule has 0 bridgehead atoms. The summed E-state index contributed by atoms with van der Waals surface area (Å²) < 4.78 is 0. The lowest BCUT2D eigenvalue weighted by atomic mass is 9.98. The van der Waals surface area contributed by atoms with Crippen LogP contribution in [0, 0.1) is 5.41 Å². The highest BCUT2D eigenvalue weighted by atomic mass is 15.3. The lowest BCUT2D eigenvalue weighted by Crippen LogP contribution is -2.60. The monoisotopic (exact) mass is 238 g/mol. The van der Waals surface area contributed by atoms with Crippen molar-refractivity contribution in [3.8, 4) is 0 Å². The van der Waals surface area contributed by atoms with Crippen LogP contribution in [0.4, 0.5) is 0 Å². The van der Waals surface area contributed by atoms with Gasteiger partial charge in [-0.2, -0.15) is 0 Å². The van der Waals surface area contributed by atoms with Gasteiger partial charge in [0.1, 0.15) is 0 Å². The minimum atomic E-state index is 0.741. The molecule has 0 N–H and O–H groups in total. The van der Waals surface area contributed by atoms with E-state index in [0.29, 0.717) is 0 Å². The molecule has 2 nitrogen and oxygen atoms in total. The van der Waals surface area contributed by atoms with Gasteiger partial charge in [-0.05, 0) is 50.6 Å². The molecule has 0 spiro atoms. The molecule has 0 aromatic heterocycles. The van der Waals surface area contributed by atoms with Crippen molar-refractivity contribution in [2.75, 3.05) is 32.7 Å². The molecule has 0 atom stereocenters. The summed E-state index contributed by atoms with van der Waals surface area (Å²) in [6.45, 7) is 13.6. The quantitative estimate of drug-likeness (QED) is 0.641. The minimum Gasteiger partial charge on any atom is -0.300 e. The highest BCUT2D eigenvalue weighted by Gasteiger charge is 2.44. The molecule has 1 aliphatic heterocycles. The van der Waals surface area contributed by atoms with Crippen LogP contribution in [0.25, 0.3) is 0 Å². The molecule has 0 unspecified atom stereocenters. The first-order valence-corrected chi connectivity index (χ1v) is 7.69. The fourth-order valence-corrected chi connectivity index (χ4v) is 3.23. The molecule has 1 aliphatic carbocycles. The predicted molar refractivity (Wildman–Crippen MR) is 74.3 cm³/mol. The van der Waals surface area contributed by atoms with E-state index >= 15 is 0 Å². The van der Waals surface area contributed by atoms with Crippen molar-refractivity contribution in [1.29, 1.82) is 0 Å². The molecule has 1 saturated carbocycles. The molecule has 2 heteroatoms. The average Bonchev–Trinajstić information content (AvgIpc) is 3.03. The Morgan fingerprint density at radius 1 is 1.06 bits per heavy atom. The van der Waals surface area contributed by atoms with Gasteiger partial charge >= 0.3 is 0 Å². The topological polar surface area (TPSA) is 6.48 Å². The second-order valence-electron chi connectivity index (χ2n) is 6.24. The summed E-state index contributed by atoms with van der Waals surface area (Å²) in [7, 11) is 0. The predicted octanol–water partition coefficient (Wildman–Crippen LogP) is 2.98. The van der Waals surface area contributed by atoms with Crippen molar-refractivity contribution >= 4 is 0 Å². The van der Waals surface area contributed by atoms with Gasteiger partial charge in [0.05, 0.1) is 0 Å². The van der Waals surface area contributed by atoms with E-state index in [1.165, 1.54) is 64.8 Å². The Balaban J connectivity index is 1.69. The molecule has 0 aromatic carbocycles. The van der Waals surface area contributed by atoms with Crippen LogP contribution >= 0.6 is 0 Å². The maximum absolute atomic E-state index is 2.71. The van der Waals surface area contributed by atoms with Crippen LogP contribution in [0.3, 0.4) is 0 Å². The molecule has 100 valence electrons. The summed E-state index contributed by atoms with van der Waals surface area (Å²) in [6.07, 6.45) is 6.96. The second kappa shape index (κ2) is 5.71. The second-order valence-corrected chi connectivity index (χ2v) is 6.24. The highest BCUT2D eigenvalue weighted by molar-refractivity contribution is 4.98. The molecule has 2 rings (SSSR count). The van der Waals surface area contributed by atoms with Crippen LogP contribution in [0.1, 0.15) is 52.9 Å². The van der Waals surface area contributed by atoms with E-state index in [2.05, 4.69) is 30.6 Å². The molecule has 0 radical (unpaired) electrons. The first kappa shape index (κ1) is 13.4. The third kappa shape index (κ3) is 3.23. The Morgan fingerprint density at radius 2 is 1.65 bits per heavy atom. The highest BCUT2D eigenvalue weighted by Crippen LogP contribution is 2.49. The summed E-state index contributed by atoms with van der Waals surface area (Å²) in [6, 6.07) is 0.863. The van der Waals surface area contributed by atoms with Crippen LogP contribution in [-0.2, 0) is 0 Å². The summed E-state index contributed by atoms with van der Waals surface area (Å²) >= 11 is 0. The third-order valence-electron chi connectivity index (χ3n) is 4.74. The normalized spacial score (nSPS) is 24.0. The Hall–Kier alpha value is -0.0800. The molecular weight excluding hydrogens is 208 g/mol. The minimum absolute atomic E-state index is 0.741. The molecule has 1 saturated heterocycles. The van der Waals surface area contributed by atoms with Crippen molar-refractivity contribution < 1.29 is 0 Å². The van der Waals surface area contributed by atoms with Gasteiger partial charge in [0, 0.05) is 25.7 Å². The van der Waals surface area contributed by atoms with E-state index in [-0.39, 0.29) is 0 Å². The van der Waals surface area contributed by atoms with E-state index in [0.717, 1.165) is 11.5 Å². The van der Waals surface area contributed by atoms with Gasteiger partial charge in [0.25, 0.3) is 0 Å². The van der Waals surface area contributed by atoms with E-state index in [9.17, 15) is 0 Å². The van der Waals surface area contributed by atoms with Crippen LogP contribution < -0.4 is 0 Å². The van der Waals surface area contributed by atoms with Crippen molar-refractivity contribution in [2.45, 2.75) is 58.9 Å². The van der Waals surface area contributed by atoms with Gasteiger partial charge in [-0.1, -0.05) is 20.8 Å². The SMILES string of the molecule is CCCN(CCC)C1CN(CC2(CC)CC2)C1. The molecule has 17 heavy (non-hydrogen) atoms. The van der Waals surface area contributed by atoms with E-state index in [1.807, 2.05) is 0 Å². The largest absolute Gasteiger partial charge is 0.300 e. The summed E-state index contributed by atoms with van der Waals surface area (Å²) in [5, 5.41) is 0. The van der Waals surface area contributed by atoms with E-state index < -0.39 is 0 Å². The molecule has 0 amide bonds. The van der Waals surface area contributed by atoms with E-state index in [4.69, 9.17) is 0 Å². The van der Waals surface area contributed by atoms with Crippen molar-refractivity contribution in [3.05, 3.63) is 0 Å². The van der Waals surface area contributed by atoms with Crippen molar-refractivity contribution in [2.24, 2.45) is 5.41 Å². The summed E-state index contributed by atoms with van der Waals surface area (Å²) in [5.74, 6) is 0. The summed E-state index contributed by atoms with van der Waals surface area (Å²) in [5.41, 5.74) is 0.741. The van der Waals surface area contributed by atoms with Gasteiger partial charge in [-0.25, -0.2) is 0 Å². The summed E-state index contributed by atoms with van der Waals surface area (Å²) in [4.78, 5) is 5.40. The van der Waals surface area contributed by atoms with Crippen molar-refractivity contribution in [1.82, 2.24) is 9.80 Å². The number of nitrogens with zero attached hydrogens (tertiary/aromatic N) is 2. The first-order valence-electron chi connectivity index (χ1n) is 7.69. The number of hydrogen-bond donors (Lipinski definition) is 0. The Bertz CT molecular complexity index is 223. The van der Waals surface area contributed by atoms with Crippen LogP contribution in [0.15, 0.2) is 0 Å². The zero-order chi connectivity index (χ0) is 12.3. The fourth-order valence-electron chi connectivity index (χ4n) is 3.23. The van der Waals surface area contributed by atoms with Gasteiger partial charge < -0.3 is 0 Å². The molecule has 0 aromatic rings. The maximum atomic E-state index is 2.71. The maximum Gasteiger partial charge on any atom is 0.0350 e. The fraction of sp³-hybridized carbons (Fsp3) is 1.00. The average molecular weight is 238 g/mol. The number of rotatable bonds is 8. The van der Waals surface area contributed by atoms with Gasteiger partial charge in [0.15, 0.2) is 0 Å². The Labute approximate surface area is 107 Å². The first-order chi connectivity index (χ1) is 8.23. The lowest BCUT2D eigenvalue weighted by molar-refractivity contribution is 0.0200. The molecular formula is C15H30N2. The van der Waals surface area contributed by atoms with Crippen LogP contribution in [0.5, 0.6) is 0 Å². The Kier molecular flexibility index (Phi) is 4.48. The van der Waals surface area contributed by atoms with E-state index in [1.54, 1.807) is 0 Å². The van der Waals surface area contributed by atoms with Gasteiger partial charge in [0.2, 0.25) is 0 Å². The smallest absolute Gasteiger partial charge is 0.0350 e. The molecule has 2 fully saturated rings. The third-order valence-corrected chi connectivity index (χ3v) is 4.74. The van der Waals surface area contributed by atoms with Gasteiger partial charge in [-0.15, -0.1) is 0 Å². The standard InChI is InChI=1S/C15H30N2/c1-4-9-17(10-5-2)14-11-16(12-14)13-15(6-3)7-8-15/h14H,4-13H2,1-3H3. The van der Waals surface area contributed by atoms with Crippen LogP contribution in [-0.4, -0.2) is 48.6 Å². The number of likely N-dealkylation sites (tertiary alicyclic amines) is 1. The lowest BCUT2D eigenvalue weighted by Gasteiger charge is -2.47. The van der Waals surface area contributed by atoms with Crippen molar-refractivity contribution in [3.63, 3.8) is 0 Å². The zero-order valence-corrected chi connectivity index (χ0v) is 12.0. The molecule has 1 heterocycles. The molecule has 2 aliphatic rings. The van der Waals surface area contributed by atoms with Gasteiger partial charge in [-0.3, -0.25) is 9.80 Å². The van der Waals surface area contributed by atoms with Crippen LogP contribution in [0.2, 0.25) is 0 Å². The zero-order valence-electron chi connectivity index (χ0n) is 12.0. The Morgan fingerprint density at radius 3 is 2.06 bits per heavy atom.